The number of benzene rings is 1. The fourth-order valence-electron chi connectivity index (χ4n) is 2.20. The zero-order valence-electron chi connectivity index (χ0n) is 10.8. The second-order valence-electron chi connectivity index (χ2n) is 4.47. The van der Waals surface area contributed by atoms with Gasteiger partial charge in [-0.25, -0.2) is 0 Å². The van der Waals surface area contributed by atoms with Crippen LogP contribution in [0.25, 0.3) is 0 Å². The normalized spacial score (nSPS) is 19.7. The number of hydrogen-bond donors (Lipinski definition) is 2. The smallest absolute Gasteiger partial charge is 0.253 e. The van der Waals surface area contributed by atoms with E-state index in [1.165, 1.54) is 0 Å². The molecular formula is C13H19N3OS. The van der Waals surface area contributed by atoms with Crippen molar-refractivity contribution in [3.8, 4) is 0 Å². The van der Waals surface area contributed by atoms with Crippen molar-refractivity contribution in [1.82, 2.24) is 5.32 Å². The lowest BCUT2D eigenvalue weighted by molar-refractivity contribution is 0.0963. The van der Waals surface area contributed by atoms with Gasteiger partial charge in [-0.2, -0.15) is 11.8 Å². The molecule has 1 atom stereocenters. The van der Waals surface area contributed by atoms with E-state index in [0.29, 0.717) is 17.3 Å². The lowest BCUT2D eigenvalue weighted by Crippen LogP contribution is -2.41. The summed E-state index contributed by atoms with van der Waals surface area (Å²) in [6.07, 6.45) is 0. The number of nitrogen functional groups attached to an aromatic ring is 1. The zero-order chi connectivity index (χ0) is 13.1. The molecule has 5 heteroatoms. The van der Waals surface area contributed by atoms with E-state index in [2.05, 4.69) is 17.1 Å². The summed E-state index contributed by atoms with van der Waals surface area (Å²) < 4.78 is 0. The van der Waals surface area contributed by atoms with Crippen LogP contribution in [0.4, 0.5) is 11.4 Å². The van der Waals surface area contributed by atoms with E-state index in [9.17, 15) is 4.79 Å². The summed E-state index contributed by atoms with van der Waals surface area (Å²) in [5.74, 6) is 2.12. The van der Waals surface area contributed by atoms with Gasteiger partial charge in [-0.15, -0.1) is 0 Å². The molecule has 98 valence electrons. The second kappa shape index (κ2) is 5.52. The predicted molar refractivity (Wildman–Crippen MR) is 78.4 cm³/mol. The maximum Gasteiger partial charge on any atom is 0.253 e. The first-order valence-corrected chi connectivity index (χ1v) is 7.25. The molecule has 1 unspecified atom stereocenters. The summed E-state index contributed by atoms with van der Waals surface area (Å²) in [5.41, 5.74) is 8.20. The van der Waals surface area contributed by atoms with E-state index in [1.54, 1.807) is 19.2 Å². The second-order valence-corrected chi connectivity index (χ2v) is 5.62. The Hall–Kier alpha value is -1.36. The molecule has 0 aromatic heterocycles. The third kappa shape index (κ3) is 2.56. The van der Waals surface area contributed by atoms with Gasteiger partial charge in [0.15, 0.2) is 0 Å². The highest BCUT2D eigenvalue weighted by molar-refractivity contribution is 7.99. The van der Waals surface area contributed by atoms with Crippen LogP contribution >= 0.6 is 11.8 Å². The molecular weight excluding hydrogens is 246 g/mol. The largest absolute Gasteiger partial charge is 0.399 e. The standard InChI is InChI=1S/C13H19N3OS/c1-9-8-18-6-5-16(9)12-7-10(14)3-4-11(12)13(17)15-2/h3-4,7,9H,5-6,8,14H2,1-2H3,(H,15,17). The third-order valence-electron chi connectivity index (χ3n) is 3.17. The van der Waals surface area contributed by atoms with Crippen molar-refractivity contribution in [3.05, 3.63) is 23.8 Å². The van der Waals surface area contributed by atoms with Crippen molar-refractivity contribution >= 4 is 29.0 Å². The highest BCUT2D eigenvalue weighted by Crippen LogP contribution is 2.29. The molecule has 18 heavy (non-hydrogen) atoms. The van der Waals surface area contributed by atoms with Crippen molar-refractivity contribution in [3.63, 3.8) is 0 Å². The van der Waals surface area contributed by atoms with Crippen LogP contribution in [0, 0.1) is 0 Å². The summed E-state index contributed by atoms with van der Waals surface area (Å²) in [5, 5.41) is 2.68. The van der Waals surface area contributed by atoms with E-state index in [1.807, 2.05) is 17.8 Å². The molecule has 1 fully saturated rings. The summed E-state index contributed by atoms with van der Waals surface area (Å²) in [4.78, 5) is 14.2. The van der Waals surface area contributed by atoms with E-state index < -0.39 is 0 Å². The molecule has 0 aliphatic carbocycles. The maximum absolute atomic E-state index is 11.9. The van der Waals surface area contributed by atoms with Crippen molar-refractivity contribution < 1.29 is 4.79 Å². The van der Waals surface area contributed by atoms with Gasteiger partial charge >= 0.3 is 0 Å². The summed E-state index contributed by atoms with van der Waals surface area (Å²) in [6.45, 7) is 3.14. The van der Waals surface area contributed by atoms with Crippen LogP contribution in [0.1, 0.15) is 17.3 Å². The molecule has 1 saturated heterocycles. The molecule has 4 nitrogen and oxygen atoms in total. The van der Waals surface area contributed by atoms with Crippen molar-refractivity contribution in [2.45, 2.75) is 13.0 Å². The number of nitrogens with two attached hydrogens (primary N) is 1. The SMILES string of the molecule is CNC(=O)c1ccc(N)cc1N1CCSCC1C. The van der Waals surface area contributed by atoms with Crippen LogP contribution in [0.5, 0.6) is 0 Å². The molecule has 2 rings (SSSR count). The summed E-state index contributed by atoms with van der Waals surface area (Å²) in [7, 11) is 1.65. The van der Waals surface area contributed by atoms with E-state index in [-0.39, 0.29) is 5.91 Å². The molecule has 1 aliphatic rings. The first kappa shape index (κ1) is 13.1. The van der Waals surface area contributed by atoms with Crippen LogP contribution in [-0.2, 0) is 0 Å². The lowest BCUT2D eigenvalue weighted by Gasteiger charge is -2.36. The van der Waals surface area contributed by atoms with E-state index in [4.69, 9.17) is 5.73 Å². The van der Waals surface area contributed by atoms with Gasteiger partial charge < -0.3 is 16.0 Å². The average molecular weight is 265 g/mol. The number of amides is 1. The predicted octanol–water partition coefficient (Wildman–Crippen LogP) is 1.57. The molecule has 1 amide bonds. The summed E-state index contributed by atoms with van der Waals surface area (Å²) in [6, 6.07) is 5.90. The van der Waals surface area contributed by atoms with Crippen LogP contribution < -0.4 is 16.0 Å². The molecule has 1 aromatic carbocycles. The quantitative estimate of drug-likeness (QED) is 0.797. The van der Waals surface area contributed by atoms with Crippen molar-refractivity contribution in [2.75, 3.05) is 35.7 Å². The first-order valence-electron chi connectivity index (χ1n) is 6.09. The minimum atomic E-state index is -0.0598. The molecule has 0 bridgehead atoms. The molecule has 0 spiro atoms. The monoisotopic (exact) mass is 265 g/mol. The highest BCUT2D eigenvalue weighted by Gasteiger charge is 2.23. The Kier molecular flexibility index (Phi) is 4.01. The van der Waals surface area contributed by atoms with Crippen molar-refractivity contribution in [1.29, 1.82) is 0 Å². The molecule has 0 radical (unpaired) electrons. The fourth-order valence-corrected chi connectivity index (χ4v) is 3.21. The Morgan fingerprint density at radius 1 is 1.56 bits per heavy atom. The van der Waals surface area contributed by atoms with Crippen LogP contribution in [0.15, 0.2) is 18.2 Å². The summed E-state index contributed by atoms with van der Waals surface area (Å²) >= 11 is 1.95. The number of rotatable bonds is 2. The van der Waals surface area contributed by atoms with E-state index in [0.717, 1.165) is 23.7 Å². The van der Waals surface area contributed by atoms with Gasteiger partial charge in [0, 0.05) is 36.8 Å². The fraction of sp³-hybridized carbons (Fsp3) is 0.462. The number of anilines is 2. The molecule has 0 saturated carbocycles. The zero-order valence-corrected chi connectivity index (χ0v) is 11.6. The lowest BCUT2D eigenvalue weighted by atomic mass is 10.1. The van der Waals surface area contributed by atoms with Gasteiger partial charge in [0.1, 0.15) is 0 Å². The molecule has 1 aromatic rings. The third-order valence-corrected chi connectivity index (χ3v) is 4.36. The van der Waals surface area contributed by atoms with E-state index >= 15 is 0 Å². The minimum Gasteiger partial charge on any atom is -0.399 e. The average Bonchev–Trinajstić information content (AvgIpc) is 2.38. The minimum absolute atomic E-state index is 0.0598. The molecule has 1 aliphatic heterocycles. The topological polar surface area (TPSA) is 58.4 Å². The van der Waals surface area contributed by atoms with Gasteiger partial charge in [0.05, 0.1) is 11.3 Å². The van der Waals surface area contributed by atoms with Gasteiger partial charge in [0.25, 0.3) is 5.91 Å². The maximum atomic E-state index is 11.9. The molecule has 1 heterocycles. The Labute approximate surface area is 112 Å². The van der Waals surface area contributed by atoms with Gasteiger partial charge in [-0.05, 0) is 25.1 Å². The number of carbonyl (C=O) groups excluding carboxylic acids is 1. The highest BCUT2D eigenvalue weighted by atomic mass is 32.2. The van der Waals surface area contributed by atoms with Crippen LogP contribution in [0.2, 0.25) is 0 Å². The first-order chi connectivity index (χ1) is 8.63. The Morgan fingerprint density at radius 3 is 3.00 bits per heavy atom. The van der Waals surface area contributed by atoms with Crippen LogP contribution in [-0.4, -0.2) is 37.0 Å². The number of nitrogens with zero attached hydrogens (tertiary/aromatic N) is 1. The Morgan fingerprint density at radius 2 is 2.33 bits per heavy atom. The number of thioether (sulfide) groups is 1. The number of nitrogens with one attached hydrogen (secondary N) is 1. The van der Waals surface area contributed by atoms with Gasteiger partial charge in [0.2, 0.25) is 0 Å². The number of carbonyl (C=O) groups is 1. The van der Waals surface area contributed by atoms with Gasteiger partial charge in [-0.1, -0.05) is 0 Å². The Balaban J connectivity index is 2.40. The van der Waals surface area contributed by atoms with Crippen LogP contribution in [0.3, 0.4) is 0 Å². The van der Waals surface area contributed by atoms with Crippen molar-refractivity contribution in [2.24, 2.45) is 0 Å². The number of hydrogen-bond acceptors (Lipinski definition) is 4. The molecule has 3 N–H and O–H groups in total. The Bertz CT molecular complexity index is 450. The van der Waals surface area contributed by atoms with Gasteiger partial charge in [-0.3, -0.25) is 4.79 Å².